The summed E-state index contributed by atoms with van der Waals surface area (Å²) in [5.41, 5.74) is 1.03. The number of aryl methyl sites for hydroxylation is 1. The average Bonchev–Trinajstić information content (AvgIpc) is 2.58. The average molecular weight is 413 g/mol. The molecule has 0 aliphatic heterocycles. The van der Waals surface area contributed by atoms with Crippen molar-refractivity contribution < 1.29 is 17.0 Å². The molecule has 1 saturated carbocycles. The van der Waals surface area contributed by atoms with Crippen molar-refractivity contribution in [3.05, 3.63) is 29.8 Å². The van der Waals surface area contributed by atoms with Crippen LogP contribution in [-0.2, 0) is 18.7 Å². The Hall–Kier alpha value is -0.693. The minimum absolute atomic E-state index is 0.238. The molecule has 0 N–H and O–H groups in total. The quantitative estimate of drug-likeness (QED) is 0.436. The van der Waals surface area contributed by atoms with Gasteiger partial charge in [-0.05, 0) is 74.7 Å². The van der Waals surface area contributed by atoms with Gasteiger partial charge in [0.1, 0.15) is 0 Å². The first-order chi connectivity index (χ1) is 12.4. The molecule has 1 fully saturated rings. The van der Waals surface area contributed by atoms with Crippen molar-refractivity contribution in [3.63, 3.8) is 0 Å². The molecule has 2 rings (SSSR count). The molecule has 0 bridgehead atoms. The molecule has 0 aromatic heterocycles. The van der Waals surface area contributed by atoms with Gasteiger partial charge >= 0.3 is 0 Å². The Balaban J connectivity index is 1.77. The maximum Gasteiger partial charge on any atom is 0.296 e. The van der Waals surface area contributed by atoms with Gasteiger partial charge in [-0.1, -0.05) is 38.5 Å². The molecule has 1 aliphatic carbocycles. The van der Waals surface area contributed by atoms with Gasteiger partial charge in [0.2, 0.25) is 0 Å². The van der Waals surface area contributed by atoms with Gasteiger partial charge in [0.15, 0.2) is 8.32 Å². The zero-order valence-corrected chi connectivity index (χ0v) is 19.6. The zero-order chi connectivity index (χ0) is 20.3. The van der Waals surface area contributed by atoms with Crippen molar-refractivity contribution in [1.82, 2.24) is 0 Å². The van der Waals surface area contributed by atoms with Crippen LogP contribution >= 0.6 is 0 Å². The summed E-state index contributed by atoms with van der Waals surface area (Å²) in [5.74, 6) is 0.901. The van der Waals surface area contributed by atoms with Crippen LogP contribution in [0.2, 0.25) is 18.1 Å². The third-order valence-corrected chi connectivity index (χ3v) is 12.0. The Morgan fingerprint density at radius 3 is 1.93 bits per heavy atom. The zero-order valence-electron chi connectivity index (χ0n) is 17.7. The highest BCUT2D eigenvalue weighted by atomic mass is 32.2. The van der Waals surface area contributed by atoms with E-state index in [0.29, 0.717) is 11.8 Å². The highest BCUT2D eigenvalue weighted by molar-refractivity contribution is 7.86. The van der Waals surface area contributed by atoms with Crippen molar-refractivity contribution in [1.29, 1.82) is 0 Å². The van der Waals surface area contributed by atoms with Crippen LogP contribution in [0, 0.1) is 18.8 Å². The van der Waals surface area contributed by atoms with E-state index in [2.05, 4.69) is 33.9 Å². The summed E-state index contributed by atoms with van der Waals surface area (Å²) < 4.78 is 36.3. The monoisotopic (exact) mass is 412 g/mol. The highest BCUT2D eigenvalue weighted by Gasteiger charge is 2.37. The lowest BCUT2D eigenvalue weighted by Crippen LogP contribution is -2.42. The van der Waals surface area contributed by atoms with E-state index in [1.54, 1.807) is 24.3 Å². The molecule has 0 amide bonds. The van der Waals surface area contributed by atoms with E-state index < -0.39 is 18.4 Å². The van der Waals surface area contributed by atoms with Gasteiger partial charge in [0, 0.05) is 6.61 Å². The van der Waals surface area contributed by atoms with Crippen LogP contribution in [-0.4, -0.2) is 29.9 Å². The number of hydrogen-bond donors (Lipinski definition) is 0. The van der Waals surface area contributed by atoms with Crippen LogP contribution in [0.5, 0.6) is 0 Å². The van der Waals surface area contributed by atoms with Gasteiger partial charge in [-0.2, -0.15) is 8.42 Å². The van der Waals surface area contributed by atoms with Gasteiger partial charge in [0.25, 0.3) is 10.1 Å². The smallest absolute Gasteiger partial charge is 0.296 e. The lowest BCUT2D eigenvalue weighted by atomic mass is 9.83. The summed E-state index contributed by atoms with van der Waals surface area (Å²) in [6, 6.07) is 6.81. The summed E-state index contributed by atoms with van der Waals surface area (Å²) in [6.07, 6.45) is 4.20. The predicted molar refractivity (Wildman–Crippen MR) is 113 cm³/mol. The van der Waals surface area contributed by atoms with Crippen LogP contribution in [0.4, 0.5) is 0 Å². The molecule has 0 spiro atoms. The summed E-state index contributed by atoms with van der Waals surface area (Å²) in [4.78, 5) is 0.240. The summed E-state index contributed by atoms with van der Waals surface area (Å²) in [6.45, 7) is 14.4. The van der Waals surface area contributed by atoms with Crippen LogP contribution in [0.1, 0.15) is 52.0 Å². The molecule has 0 heterocycles. The molecular weight excluding hydrogens is 376 g/mol. The van der Waals surface area contributed by atoms with E-state index in [9.17, 15) is 8.42 Å². The highest BCUT2D eigenvalue weighted by Crippen LogP contribution is 2.38. The van der Waals surface area contributed by atoms with Crippen molar-refractivity contribution in [2.24, 2.45) is 11.8 Å². The number of rotatable bonds is 7. The lowest BCUT2D eigenvalue weighted by Gasteiger charge is -2.38. The van der Waals surface area contributed by atoms with Gasteiger partial charge in [0.05, 0.1) is 11.5 Å². The second-order valence-electron chi connectivity index (χ2n) is 9.51. The van der Waals surface area contributed by atoms with Gasteiger partial charge in [-0.25, -0.2) is 0 Å². The normalized spacial score (nSPS) is 22.0. The molecule has 27 heavy (non-hydrogen) atoms. The molecule has 4 nitrogen and oxygen atoms in total. The molecule has 6 heteroatoms. The fourth-order valence-corrected chi connectivity index (χ4v) is 5.13. The third kappa shape index (κ3) is 6.41. The predicted octanol–water partition coefficient (Wildman–Crippen LogP) is 5.53. The summed E-state index contributed by atoms with van der Waals surface area (Å²) in [7, 11) is -5.35. The fraction of sp³-hybridized carbons (Fsp3) is 0.714. The van der Waals surface area contributed by atoms with Gasteiger partial charge < -0.3 is 4.43 Å². The first-order valence-corrected chi connectivity index (χ1v) is 14.3. The maximum atomic E-state index is 12.3. The second kappa shape index (κ2) is 8.76. The van der Waals surface area contributed by atoms with Gasteiger partial charge in [-0.15, -0.1) is 0 Å². The Morgan fingerprint density at radius 2 is 1.44 bits per heavy atom. The van der Waals surface area contributed by atoms with Crippen LogP contribution in [0.25, 0.3) is 0 Å². The Morgan fingerprint density at radius 1 is 0.963 bits per heavy atom. The van der Waals surface area contributed by atoms with Crippen LogP contribution in [0.15, 0.2) is 29.2 Å². The van der Waals surface area contributed by atoms with Crippen molar-refractivity contribution in [2.75, 3.05) is 13.2 Å². The Bertz CT molecular complexity index is 697. The van der Waals surface area contributed by atoms with E-state index in [1.807, 2.05) is 6.92 Å². The molecule has 1 aromatic rings. The Labute approximate surface area is 166 Å². The standard InChI is InChI=1S/C21H36O4SSi/c1-17-7-13-20(14-8-17)26(22,23)24-15-18-9-11-19(12-10-18)16-25-27(5,6)21(2,3)4/h7-8,13-14,18-19H,9-12,15-16H2,1-6H3/t18-,19-. The van der Waals surface area contributed by atoms with E-state index in [-0.39, 0.29) is 16.5 Å². The van der Waals surface area contributed by atoms with Gasteiger partial charge in [-0.3, -0.25) is 4.18 Å². The first kappa shape index (κ1) is 22.6. The first-order valence-electron chi connectivity index (χ1n) is 10.0. The second-order valence-corrected chi connectivity index (χ2v) is 15.9. The number of benzene rings is 1. The summed E-state index contributed by atoms with van der Waals surface area (Å²) in [5, 5.41) is 0.238. The molecule has 154 valence electrons. The van der Waals surface area contributed by atoms with E-state index in [0.717, 1.165) is 37.9 Å². The molecule has 1 aromatic carbocycles. The molecular formula is C21H36O4SSi. The molecule has 0 saturated heterocycles. The van der Waals surface area contributed by atoms with E-state index >= 15 is 0 Å². The molecule has 0 atom stereocenters. The maximum absolute atomic E-state index is 12.3. The fourth-order valence-electron chi connectivity index (χ4n) is 3.07. The van der Waals surface area contributed by atoms with Crippen molar-refractivity contribution in [3.8, 4) is 0 Å². The van der Waals surface area contributed by atoms with E-state index in [1.165, 1.54) is 0 Å². The lowest BCUT2D eigenvalue weighted by molar-refractivity contribution is 0.144. The van der Waals surface area contributed by atoms with Crippen molar-refractivity contribution in [2.45, 2.75) is 76.4 Å². The minimum atomic E-state index is -3.66. The molecule has 0 radical (unpaired) electrons. The van der Waals surface area contributed by atoms with Crippen LogP contribution in [0.3, 0.4) is 0 Å². The topological polar surface area (TPSA) is 52.6 Å². The SMILES string of the molecule is Cc1ccc(S(=O)(=O)OC[C@H]2CC[C@H](CO[Si](C)(C)C(C)(C)C)CC2)cc1. The largest absolute Gasteiger partial charge is 0.417 e. The summed E-state index contributed by atoms with van der Waals surface area (Å²) >= 11 is 0. The molecule has 0 unspecified atom stereocenters. The third-order valence-electron chi connectivity index (χ3n) is 6.22. The Kier molecular flexibility index (Phi) is 7.33. The minimum Gasteiger partial charge on any atom is -0.417 e. The van der Waals surface area contributed by atoms with E-state index in [4.69, 9.17) is 8.61 Å². The van der Waals surface area contributed by atoms with Crippen molar-refractivity contribution >= 4 is 18.4 Å². The van der Waals surface area contributed by atoms with Crippen LogP contribution < -0.4 is 0 Å². The number of hydrogen-bond acceptors (Lipinski definition) is 4. The molecule has 1 aliphatic rings.